The highest BCUT2D eigenvalue weighted by Gasteiger charge is 2.10. The fraction of sp³-hybridized carbons (Fsp3) is 0.857. The van der Waals surface area contributed by atoms with E-state index in [4.69, 9.17) is 10.8 Å². The molecule has 1 unspecified atom stereocenters. The third kappa shape index (κ3) is 3.80. The first-order valence-electron chi connectivity index (χ1n) is 3.65. The van der Waals surface area contributed by atoms with Gasteiger partial charge in [-0.3, -0.25) is 0 Å². The second-order valence-electron chi connectivity index (χ2n) is 2.40. The molecule has 0 fully saturated rings. The van der Waals surface area contributed by atoms with E-state index in [1.165, 1.54) is 0 Å². The van der Waals surface area contributed by atoms with Crippen LogP contribution in [0.5, 0.6) is 0 Å². The van der Waals surface area contributed by atoms with Crippen LogP contribution in [0.4, 0.5) is 0 Å². The molecule has 0 saturated heterocycles. The molecular weight excluding hydrogens is 146 g/mol. The Morgan fingerprint density at radius 1 is 1.60 bits per heavy atom. The lowest BCUT2D eigenvalue weighted by molar-refractivity contribution is 0.460. The van der Waals surface area contributed by atoms with Gasteiger partial charge in [0.1, 0.15) is 0 Å². The SMILES string of the molecule is CCCC(CCN)C(O)=S. The minimum Gasteiger partial charge on any atom is -0.502 e. The summed E-state index contributed by atoms with van der Waals surface area (Å²) in [5, 5.41) is 9.07. The van der Waals surface area contributed by atoms with Crippen molar-refractivity contribution in [1.29, 1.82) is 0 Å². The van der Waals surface area contributed by atoms with Gasteiger partial charge in [-0.2, -0.15) is 0 Å². The van der Waals surface area contributed by atoms with Crippen LogP contribution in [-0.4, -0.2) is 16.7 Å². The van der Waals surface area contributed by atoms with Crippen molar-refractivity contribution in [3.63, 3.8) is 0 Å². The normalized spacial score (nSPS) is 13.0. The van der Waals surface area contributed by atoms with Gasteiger partial charge >= 0.3 is 0 Å². The highest BCUT2D eigenvalue weighted by atomic mass is 32.1. The Bertz CT molecular complexity index is 99.8. The van der Waals surface area contributed by atoms with E-state index in [9.17, 15) is 0 Å². The average Bonchev–Trinajstić information content (AvgIpc) is 1.87. The molecule has 10 heavy (non-hydrogen) atoms. The van der Waals surface area contributed by atoms with Gasteiger partial charge in [0.05, 0.1) is 0 Å². The third-order valence-corrected chi connectivity index (χ3v) is 1.83. The number of nitrogens with two attached hydrogens (primary N) is 1. The summed E-state index contributed by atoms with van der Waals surface area (Å²) in [6, 6.07) is 0. The number of aliphatic hydroxyl groups excluding tert-OH is 1. The van der Waals surface area contributed by atoms with E-state index < -0.39 is 0 Å². The van der Waals surface area contributed by atoms with E-state index in [0.717, 1.165) is 19.3 Å². The zero-order chi connectivity index (χ0) is 7.98. The van der Waals surface area contributed by atoms with Gasteiger partial charge in [0.25, 0.3) is 0 Å². The van der Waals surface area contributed by atoms with E-state index in [2.05, 4.69) is 19.1 Å². The fourth-order valence-electron chi connectivity index (χ4n) is 0.941. The maximum Gasteiger partial charge on any atom is 0.159 e. The highest BCUT2D eigenvalue weighted by molar-refractivity contribution is 7.80. The quantitative estimate of drug-likeness (QED) is 0.602. The van der Waals surface area contributed by atoms with E-state index in [1.54, 1.807) is 0 Å². The molecule has 0 heterocycles. The molecule has 2 nitrogen and oxygen atoms in total. The van der Waals surface area contributed by atoms with Crippen LogP contribution in [-0.2, 0) is 0 Å². The molecule has 1 atom stereocenters. The van der Waals surface area contributed by atoms with E-state index in [1.807, 2.05) is 0 Å². The third-order valence-electron chi connectivity index (χ3n) is 1.50. The molecule has 3 N–H and O–H groups in total. The van der Waals surface area contributed by atoms with Crippen molar-refractivity contribution in [3.8, 4) is 0 Å². The summed E-state index contributed by atoms with van der Waals surface area (Å²) in [7, 11) is 0. The maximum atomic E-state index is 8.95. The molecule has 0 aliphatic carbocycles. The Morgan fingerprint density at radius 3 is 2.50 bits per heavy atom. The molecular formula is C7H15NOS. The Hall–Kier alpha value is -0.150. The zero-order valence-corrected chi connectivity index (χ0v) is 7.16. The lowest BCUT2D eigenvalue weighted by atomic mass is 10.0. The first-order valence-corrected chi connectivity index (χ1v) is 4.06. The van der Waals surface area contributed by atoms with Gasteiger partial charge < -0.3 is 10.8 Å². The van der Waals surface area contributed by atoms with Crippen molar-refractivity contribution < 1.29 is 5.11 Å². The molecule has 0 amide bonds. The van der Waals surface area contributed by atoms with Crippen molar-refractivity contribution in [2.45, 2.75) is 26.2 Å². The van der Waals surface area contributed by atoms with Gasteiger partial charge in [-0.05, 0) is 31.6 Å². The topological polar surface area (TPSA) is 46.2 Å². The van der Waals surface area contributed by atoms with Crippen LogP contribution in [0.2, 0.25) is 0 Å². The Morgan fingerprint density at radius 2 is 2.20 bits per heavy atom. The van der Waals surface area contributed by atoms with Gasteiger partial charge in [-0.15, -0.1) is 0 Å². The molecule has 0 aliphatic rings. The number of rotatable bonds is 5. The zero-order valence-electron chi connectivity index (χ0n) is 6.34. The van der Waals surface area contributed by atoms with Gasteiger partial charge in [0.15, 0.2) is 5.05 Å². The molecule has 0 saturated carbocycles. The van der Waals surface area contributed by atoms with Crippen LogP contribution in [0.25, 0.3) is 0 Å². The summed E-state index contributed by atoms with van der Waals surface area (Å²) in [6.07, 6.45) is 2.81. The standard InChI is InChI=1S/C7H15NOS/c1-2-3-6(4-5-8)7(9)10/h6H,2-5,8H2,1H3,(H,9,10). The smallest absolute Gasteiger partial charge is 0.159 e. The van der Waals surface area contributed by atoms with Crippen LogP contribution in [0.1, 0.15) is 26.2 Å². The molecule has 0 aromatic carbocycles. The average molecular weight is 161 g/mol. The van der Waals surface area contributed by atoms with Crippen LogP contribution < -0.4 is 5.73 Å². The molecule has 0 rings (SSSR count). The monoisotopic (exact) mass is 161 g/mol. The van der Waals surface area contributed by atoms with Crippen molar-refractivity contribution in [1.82, 2.24) is 0 Å². The summed E-state index contributed by atoms with van der Waals surface area (Å²) in [5.41, 5.74) is 5.33. The van der Waals surface area contributed by atoms with Crippen LogP contribution in [0.3, 0.4) is 0 Å². The number of hydrogen-bond donors (Lipinski definition) is 2. The van der Waals surface area contributed by atoms with Gasteiger partial charge in [0, 0.05) is 5.92 Å². The second kappa shape index (κ2) is 5.62. The van der Waals surface area contributed by atoms with Crippen molar-refractivity contribution >= 4 is 17.3 Å². The maximum absolute atomic E-state index is 8.95. The lowest BCUT2D eigenvalue weighted by Gasteiger charge is -2.10. The molecule has 0 bridgehead atoms. The van der Waals surface area contributed by atoms with Crippen molar-refractivity contribution in [2.24, 2.45) is 11.7 Å². The summed E-state index contributed by atoms with van der Waals surface area (Å²) in [5.74, 6) is 0.144. The number of thiocarbonyl (C=S) groups is 1. The largest absolute Gasteiger partial charge is 0.502 e. The second-order valence-corrected chi connectivity index (χ2v) is 2.82. The summed E-state index contributed by atoms with van der Waals surface area (Å²) in [4.78, 5) is 0. The molecule has 0 aromatic heterocycles. The van der Waals surface area contributed by atoms with E-state index >= 15 is 0 Å². The van der Waals surface area contributed by atoms with E-state index in [0.29, 0.717) is 6.54 Å². The van der Waals surface area contributed by atoms with Crippen molar-refractivity contribution in [2.75, 3.05) is 6.54 Å². The van der Waals surface area contributed by atoms with Gasteiger partial charge in [0.2, 0.25) is 0 Å². The molecule has 3 heteroatoms. The molecule has 60 valence electrons. The Labute approximate surface area is 67.4 Å². The number of aliphatic hydroxyl groups is 1. The molecule has 0 aromatic rings. The Balaban J connectivity index is 3.61. The lowest BCUT2D eigenvalue weighted by Crippen LogP contribution is -2.16. The number of hydrogen-bond acceptors (Lipinski definition) is 2. The Kier molecular flexibility index (Phi) is 5.54. The van der Waals surface area contributed by atoms with Crippen LogP contribution in [0.15, 0.2) is 0 Å². The first kappa shape index (κ1) is 9.85. The summed E-state index contributed by atoms with van der Waals surface area (Å²) >= 11 is 4.65. The summed E-state index contributed by atoms with van der Waals surface area (Å²) in [6.45, 7) is 2.67. The van der Waals surface area contributed by atoms with E-state index in [-0.39, 0.29) is 11.0 Å². The minimum absolute atomic E-state index is 0.118. The highest BCUT2D eigenvalue weighted by Crippen LogP contribution is 2.10. The van der Waals surface area contributed by atoms with Crippen LogP contribution in [0, 0.1) is 5.92 Å². The van der Waals surface area contributed by atoms with Gasteiger partial charge in [-0.1, -0.05) is 13.3 Å². The predicted molar refractivity (Wildman–Crippen MR) is 47.3 cm³/mol. The first-order chi connectivity index (χ1) is 4.72. The molecule has 0 aliphatic heterocycles. The fourth-order valence-corrected chi connectivity index (χ4v) is 1.18. The van der Waals surface area contributed by atoms with Crippen LogP contribution >= 0.6 is 12.2 Å². The minimum atomic E-state index is 0.118. The predicted octanol–water partition coefficient (Wildman–Crippen LogP) is 1.64. The summed E-state index contributed by atoms with van der Waals surface area (Å²) < 4.78 is 0. The van der Waals surface area contributed by atoms with Gasteiger partial charge in [-0.25, -0.2) is 0 Å². The molecule has 0 radical (unpaired) electrons. The van der Waals surface area contributed by atoms with Crippen molar-refractivity contribution in [3.05, 3.63) is 0 Å². The molecule has 0 spiro atoms.